The van der Waals surface area contributed by atoms with Gasteiger partial charge in [-0.05, 0) is 57.2 Å². The summed E-state index contributed by atoms with van der Waals surface area (Å²) in [5.74, 6) is 0.135. The van der Waals surface area contributed by atoms with Crippen molar-refractivity contribution in [2.45, 2.75) is 45.1 Å². The standard InChI is InChI=1S/C20H27NO5/c1-14(19(22)21-12-11-15-7-5-4-6-8-15)26-17-10-9-16(20(23)25-3)13-18(17)24-2/h7,9-10,13-14H,4-6,8,11-12H2,1-3H3,(H,21,22)/t14-/m0/s1. The van der Waals surface area contributed by atoms with Crippen molar-refractivity contribution in [1.29, 1.82) is 0 Å². The smallest absolute Gasteiger partial charge is 0.337 e. The molecule has 1 aromatic rings. The van der Waals surface area contributed by atoms with E-state index < -0.39 is 12.1 Å². The fourth-order valence-corrected chi connectivity index (χ4v) is 2.88. The fraction of sp³-hybridized carbons (Fsp3) is 0.500. The molecule has 1 aromatic carbocycles. The maximum Gasteiger partial charge on any atom is 0.337 e. The van der Waals surface area contributed by atoms with E-state index in [2.05, 4.69) is 16.1 Å². The third-order valence-corrected chi connectivity index (χ3v) is 4.39. The Labute approximate surface area is 154 Å². The van der Waals surface area contributed by atoms with E-state index in [4.69, 9.17) is 9.47 Å². The Morgan fingerprint density at radius 2 is 2.00 bits per heavy atom. The summed E-state index contributed by atoms with van der Waals surface area (Å²) in [6.07, 6.45) is 7.26. The molecule has 0 saturated carbocycles. The average molecular weight is 361 g/mol. The molecule has 0 fully saturated rings. The Morgan fingerprint density at radius 1 is 1.19 bits per heavy atom. The largest absolute Gasteiger partial charge is 0.493 e. The molecular formula is C20H27NO5. The summed E-state index contributed by atoms with van der Waals surface area (Å²) in [4.78, 5) is 23.8. The van der Waals surface area contributed by atoms with Crippen molar-refractivity contribution in [3.8, 4) is 11.5 Å². The minimum absolute atomic E-state index is 0.180. The van der Waals surface area contributed by atoms with Crippen LogP contribution in [0, 0.1) is 0 Å². The van der Waals surface area contributed by atoms with Crippen LogP contribution in [-0.2, 0) is 9.53 Å². The molecule has 6 nitrogen and oxygen atoms in total. The first-order valence-electron chi connectivity index (χ1n) is 8.93. The zero-order valence-corrected chi connectivity index (χ0v) is 15.7. The number of methoxy groups -OCH3 is 2. The van der Waals surface area contributed by atoms with Gasteiger partial charge >= 0.3 is 5.97 Å². The predicted molar refractivity (Wildman–Crippen MR) is 98.6 cm³/mol. The molecule has 0 saturated heterocycles. The van der Waals surface area contributed by atoms with Crippen LogP contribution in [0.2, 0.25) is 0 Å². The minimum atomic E-state index is -0.673. The predicted octanol–water partition coefficient (Wildman–Crippen LogP) is 3.26. The van der Waals surface area contributed by atoms with Crippen molar-refractivity contribution in [3.63, 3.8) is 0 Å². The van der Waals surface area contributed by atoms with Crippen LogP contribution >= 0.6 is 0 Å². The molecule has 0 aliphatic heterocycles. The van der Waals surface area contributed by atoms with Crippen molar-refractivity contribution in [1.82, 2.24) is 5.32 Å². The van der Waals surface area contributed by atoms with Crippen LogP contribution in [0.15, 0.2) is 29.8 Å². The van der Waals surface area contributed by atoms with Gasteiger partial charge in [0.1, 0.15) is 0 Å². The van der Waals surface area contributed by atoms with Crippen molar-refractivity contribution < 1.29 is 23.8 Å². The zero-order chi connectivity index (χ0) is 18.9. The van der Waals surface area contributed by atoms with E-state index in [1.54, 1.807) is 19.1 Å². The number of carbonyl (C=O) groups is 2. The lowest BCUT2D eigenvalue weighted by molar-refractivity contribution is -0.127. The van der Waals surface area contributed by atoms with Gasteiger partial charge in [-0.3, -0.25) is 4.79 Å². The highest BCUT2D eigenvalue weighted by atomic mass is 16.5. The summed E-state index contributed by atoms with van der Waals surface area (Å²) in [7, 11) is 2.79. The number of ether oxygens (including phenoxy) is 3. The van der Waals surface area contributed by atoms with Crippen LogP contribution in [0.25, 0.3) is 0 Å². The molecule has 0 radical (unpaired) electrons. The molecule has 6 heteroatoms. The second-order valence-corrected chi connectivity index (χ2v) is 6.27. The second-order valence-electron chi connectivity index (χ2n) is 6.27. The van der Waals surface area contributed by atoms with Gasteiger partial charge in [0.2, 0.25) is 0 Å². The third kappa shape index (κ3) is 5.51. The van der Waals surface area contributed by atoms with Crippen molar-refractivity contribution in [3.05, 3.63) is 35.4 Å². The average Bonchev–Trinajstić information content (AvgIpc) is 2.68. The van der Waals surface area contributed by atoms with Gasteiger partial charge in [-0.2, -0.15) is 0 Å². The van der Waals surface area contributed by atoms with E-state index in [0.717, 1.165) is 19.3 Å². The summed E-state index contributed by atoms with van der Waals surface area (Å²) in [6.45, 7) is 2.29. The zero-order valence-electron chi connectivity index (χ0n) is 15.7. The van der Waals surface area contributed by atoms with Gasteiger partial charge in [0.25, 0.3) is 5.91 Å². The quantitative estimate of drug-likeness (QED) is 0.568. The lowest BCUT2D eigenvalue weighted by Crippen LogP contribution is -2.37. The summed E-state index contributed by atoms with van der Waals surface area (Å²) >= 11 is 0. The number of carbonyl (C=O) groups excluding carboxylic acids is 2. The first-order valence-corrected chi connectivity index (χ1v) is 8.93. The number of amides is 1. The normalized spacial score (nSPS) is 14.8. The van der Waals surface area contributed by atoms with Crippen LogP contribution in [-0.4, -0.2) is 38.7 Å². The summed E-state index contributed by atoms with van der Waals surface area (Å²) in [6, 6.07) is 4.70. The summed E-state index contributed by atoms with van der Waals surface area (Å²) in [5, 5.41) is 2.91. The van der Waals surface area contributed by atoms with E-state index >= 15 is 0 Å². The molecule has 2 rings (SSSR count). The van der Waals surface area contributed by atoms with E-state index in [1.165, 1.54) is 38.7 Å². The molecule has 1 aliphatic carbocycles. The Hall–Kier alpha value is -2.50. The highest BCUT2D eigenvalue weighted by Gasteiger charge is 2.18. The van der Waals surface area contributed by atoms with Crippen LogP contribution in [0.4, 0.5) is 0 Å². The van der Waals surface area contributed by atoms with E-state index in [0.29, 0.717) is 23.6 Å². The maximum atomic E-state index is 12.2. The molecule has 1 atom stereocenters. The molecule has 1 N–H and O–H groups in total. The van der Waals surface area contributed by atoms with Gasteiger partial charge in [-0.1, -0.05) is 11.6 Å². The number of nitrogens with one attached hydrogen (secondary N) is 1. The SMILES string of the molecule is COC(=O)c1ccc(O[C@@H](C)C(=O)NCCC2=CCCCC2)c(OC)c1. The van der Waals surface area contributed by atoms with Gasteiger partial charge in [0, 0.05) is 6.54 Å². The second kappa shape index (κ2) is 9.85. The number of hydrogen-bond acceptors (Lipinski definition) is 5. The van der Waals surface area contributed by atoms with E-state index in [1.807, 2.05) is 0 Å². The lowest BCUT2D eigenvalue weighted by Gasteiger charge is -2.18. The maximum absolute atomic E-state index is 12.2. The van der Waals surface area contributed by atoms with Crippen molar-refractivity contribution in [2.24, 2.45) is 0 Å². The highest BCUT2D eigenvalue weighted by molar-refractivity contribution is 5.90. The number of benzene rings is 1. The minimum Gasteiger partial charge on any atom is -0.493 e. The number of esters is 1. The van der Waals surface area contributed by atoms with Crippen molar-refractivity contribution >= 4 is 11.9 Å². The summed E-state index contributed by atoms with van der Waals surface area (Å²) < 4.78 is 15.6. The number of rotatable bonds is 8. The van der Waals surface area contributed by atoms with Crippen LogP contribution in [0.1, 0.15) is 49.4 Å². The fourth-order valence-electron chi connectivity index (χ4n) is 2.88. The molecule has 26 heavy (non-hydrogen) atoms. The van der Waals surface area contributed by atoms with Gasteiger partial charge in [0.05, 0.1) is 19.8 Å². The first kappa shape index (κ1) is 19.8. The molecule has 1 amide bonds. The molecule has 0 bridgehead atoms. The Kier molecular flexibility index (Phi) is 7.51. The third-order valence-electron chi connectivity index (χ3n) is 4.39. The highest BCUT2D eigenvalue weighted by Crippen LogP contribution is 2.29. The topological polar surface area (TPSA) is 73.9 Å². The molecular weight excluding hydrogens is 334 g/mol. The van der Waals surface area contributed by atoms with Crippen molar-refractivity contribution in [2.75, 3.05) is 20.8 Å². The van der Waals surface area contributed by atoms with Gasteiger partial charge in [-0.15, -0.1) is 0 Å². The molecule has 1 aliphatic rings. The lowest BCUT2D eigenvalue weighted by atomic mass is 9.97. The van der Waals surface area contributed by atoms with Gasteiger partial charge in [-0.25, -0.2) is 4.79 Å². The van der Waals surface area contributed by atoms with Gasteiger partial charge in [0.15, 0.2) is 17.6 Å². The molecule has 142 valence electrons. The van der Waals surface area contributed by atoms with Crippen LogP contribution in [0.5, 0.6) is 11.5 Å². The molecule has 0 spiro atoms. The molecule has 0 unspecified atom stereocenters. The van der Waals surface area contributed by atoms with Gasteiger partial charge < -0.3 is 19.5 Å². The number of allylic oxidation sites excluding steroid dienone is 1. The Morgan fingerprint density at radius 3 is 2.65 bits per heavy atom. The summed E-state index contributed by atoms with van der Waals surface area (Å²) in [5.41, 5.74) is 1.78. The molecule has 0 heterocycles. The van der Waals surface area contributed by atoms with E-state index in [-0.39, 0.29) is 5.91 Å². The first-order chi connectivity index (χ1) is 12.5. The molecule has 0 aromatic heterocycles. The Balaban J connectivity index is 1.89. The van der Waals surface area contributed by atoms with Crippen LogP contribution in [0.3, 0.4) is 0 Å². The monoisotopic (exact) mass is 361 g/mol. The Bertz CT molecular complexity index is 668. The number of hydrogen-bond donors (Lipinski definition) is 1. The van der Waals surface area contributed by atoms with Crippen LogP contribution < -0.4 is 14.8 Å². The van der Waals surface area contributed by atoms with E-state index in [9.17, 15) is 9.59 Å².